The summed E-state index contributed by atoms with van der Waals surface area (Å²) in [6, 6.07) is 16.3. The number of rotatable bonds is 4. The van der Waals surface area contributed by atoms with Crippen molar-refractivity contribution in [2.24, 2.45) is 5.92 Å². The van der Waals surface area contributed by atoms with E-state index in [9.17, 15) is 9.18 Å². The number of carbonyl (C=O) groups excluding carboxylic acids is 1. The molecule has 5 heteroatoms. The number of fused-ring (bicyclic) bond motifs is 2. The fourth-order valence-electron chi connectivity index (χ4n) is 4.47. The molecule has 4 rings (SSSR count). The minimum Gasteiger partial charge on any atom is -0.457 e. The first kappa shape index (κ1) is 19.8. The second-order valence-electron chi connectivity index (χ2n) is 8.09. The van der Waals surface area contributed by atoms with E-state index >= 15 is 0 Å². The molecule has 152 valence electrons. The Hall–Kier alpha value is -2.50. The number of hydrogen-bond donors (Lipinski definition) is 0. The molecular formula is C24H25FO4. The van der Waals surface area contributed by atoms with Gasteiger partial charge in [0.15, 0.2) is 0 Å². The van der Waals surface area contributed by atoms with Crippen LogP contribution >= 0.6 is 0 Å². The van der Waals surface area contributed by atoms with Crippen LogP contribution in [0.3, 0.4) is 0 Å². The molecule has 2 aromatic carbocycles. The van der Waals surface area contributed by atoms with Crippen LogP contribution in [0.4, 0.5) is 4.39 Å². The maximum Gasteiger partial charge on any atom is 0.303 e. The number of esters is 1. The van der Waals surface area contributed by atoms with Crippen LogP contribution in [0.5, 0.6) is 0 Å². The molecule has 4 nitrogen and oxygen atoms in total. The van der Waals surface area contributed by atoms with E-state index in [1.165, 1.54) is 19.1 Å². The molecule has 1 aliphatic heterocycles. The van der Waals surface area contributed by atoms with E-state index in [1.54, 1.807) is 12.1 Å². The van der Waals surface area contributed by atoms with Crippen molar-refractivity contribution in [3.63, 3.8) is 0 Å². The highest BCUT2D eigenvalue weighted by Gasteiger charge is 2.55. The number of halogens is 1. The number of carbonyl (C=O) groups is 1. The highest BCUT2D eigenvalue weighted by Crippen LogP contribution is 2.51. The number of benzene rings is 2. The molecule has 4 atom stereocenters. The van der Waals surface area contributed by atoms with Gasteiger partial charge in [-0.25, -0.2) is 14.2 Å². The average Bonchev–Trinajstić information content (AvgIpc) is 2.72. The molecular weight excluding hydrogens is 371 g/mol. The zero-order valence-electron chi connectivity index (χ0n) is 16.6. The van der Waals surface area contributed by atoms with E-state index in [0.29, 0.717) is 12.8 Å². The van der Waals surface area contributed by atoms with Gasteiger partial charge in [-0.05, 0) is 55.5 Å². The lowest BCUT2D eigenvalue weighted by atomic mass is 9.67. The maximum absolute atomic E-state index is 13.2. The van der Waals surface area contributed by atoms with Crippen molar-refractivity contribution in [3.8, 4) is 0 Å². The summed E-state index contributed by atoms with van der Waals surface area (Å²) in [5.74, 6) is -0.424. The van der Waals surface area contributed by atoms with Gasteiger partial charge in [0.1, 0.15) is 23.1 Å². The zero-order chi connectivity index (χ0) is 20.5. The van der Waals surface area contributed by atoms with Crippen LogP contribution in [0.25, 0.3) is 6.08 Å². The molecule has 2 bridgehead atoms. The fourth-order valence-corrected chi connectivity index (χ4v) is 4.47. The molecule has 3 unspecified atom stereocenters. The highest BCUT2D eigenvalue weighted by molar-refractivity contribution is 5.66. The molecule has 0 spiro atoms. The van der Waals surface area contributed by atoms with E-state index < -0.39 is 11.2 Å². The Kier molecular flexibility index (Phi) is 5.28. The molecule has 1 heterocycles. The first-order valence-electron chi connectivity index (χ1n) is 9.96. The molecule has 1 saturated carbocycles. The van der Waals surface area contributed by atoms with Crippen molar-refractivity contribution in [1.29, 1.82) is 0 Å². The van der Waals surface area contributed by atoms with Gasteiger partial charge in [0, 0.05) is 12.8 Å². The molecule has 1 saturated heterocycles. The van der Waals surface area contributed by atoms with Crippen molar-refractivity contribution in [3.05, 3.63) is 77.6 Å². The monoisotopic (exact) mass is 396 g/mol. The van der Waals surface area contributed by atoms with Crippen LogP contribution < -0.4 is 0 Å². The van der Waals surface area contributed by atoms with Crippen molar-refractivity contribution < 1.29 is 23.7 Å². The molecule has 0 N–H and O–H groups in total. The summed E-state index contributed by atoms with van der Waals surface area (Å²) < 4.78 is 18.8. The quantitative estimate of drug-likeness (QED) is 0.527. The lowest BCUT2D eigenvalue weighted by molar-refractivity contribution is -0.443. The highest BCUT2D eigenvalue weighted by atomic mass is 19.1. The van der Waals surface area contributed by atoms with Crippen molar-refractivity contribution in [2.45, 2.75) is 50.4 Å². The summed E-state index contributed by atoms with van der Waals surface area (Å²) >= 11 is 0. The van der Waals surface area contributed by atoms with Gasteiger partial charge in [-0.15, -0.1) is 0 Å². The standard InChI is InChI=1S/C24H25FO4/c1-17(26)27-23(2)14-13-20-16-22(23)28-29-24(20,19-6-4-3-5-7-19)15-12-18-8-10-21(25)11-9-18/h3-12,15,20,22H,13-14,16H2,1-2H3/b15-12-/t20?,22?,23?,24-/m1/s1. The van der Waals surface area contributed by atoms with Gasteiger partial charge in [-0.3, -0.25) is 4.79 Å². The van der Waals surface area contributed by atoms with Crippen LogP contribution in [0.15, 0.2) is 60.7 Å². The third-order valence-corrected chi connectivity index (χ3v) is 6.07. The SMILES string of the molecule is CC(=O)OC1(C)CCC2CC1OO[C@]2(/C=C\c1ccc(F)cc1)c1ccccc1. The Morgan fingerprint density at radius 2 is 1.90 bits per heavy atom. The van der Waals surface area contributed by atoms with Gasteiger partial charge in [0.25, 0.3) is 0 Å². The predicted molar refractivity (Wildman–Crippen MR) is 107 cm³/mol. The molecule has 0 amide bonds. The molecule has 2 aromatic rings. The van der Waals surface area contributed by atoms with Gasteiger partial charge >= 0.3 is 5.97 Å². The molecule has 2 fully saturated rings. The minimum absolute atomic E-state index is 0.156. The van der Waals surface area contributed by atoms with Gasteiger partial charge in [0.2, 0.25) is 0 Å². The van der Waals surface area contributed by atoms with Gasteiger partial charge in [-0.1, -0.05) is 48.5 Å². The van der Waals surface area contributed by atoms with E-state index in [4.69, 9.17) is 14.5 Å². The third kappa shape index (κ3) is 3.85. The summed E-state index contributed by atoms with van der Waals surface area (Å²) in [6.07, 6.45) is 5.87. The Morgan fingerprint density at radius 1 is 1.17 bits per heavy atom. The van der Waals surface area contributed by atoms with Crippen LogP contribution in [0.1, 0.15) is 44.2 Å². The van der Waals surface area contributed by atoms with E-state index in [2.05, 4.69) is 0 Å². The number of hydrogen-bond acceptors (Lipinski definition) is 4. The second-order valence-corrected chi connectivity index (χ2v) is 8.09. The average molecular weight is 396 g/mol. The normalized spacial score (nSPS) is 31.6. The van der Waals surface area contributed by atoms with Crippen molar-refractivity contribution >= 4 is 12.0 Å². The first-order chi connectivity index (χ1) is 13.9. The largest absolute Gasteiger partial charge is 0.457 e. The lowest BCUT2D eigenvalue weighted by Crippen LogP contribution is -2.57. The Labute approximate surface area is 170 Å². The Morgan fingerprint density at radius 3 is 2.59 bits per heavy atom. The van der Waals surface area contributed by atoms with Crippen LogP contribution in [-0.4, -0.2) is 17.7 Å². The van der Waals surface area contributed by atoms with Gasteiger partial charge in [0.05, 0.1) is 0 Å². The maximum atomic E-state index is 13.2. The van der Waals surface area contributed by atoms with Crippen LogP contribution in [0.2, 0.25) is 0 Å². The smallest absolute Gasteiger partial charge is 0.303 e. The molecule has 0 radical (unpaired) electrons. The second kappa shape index (κ2) is 7.73. The first-order valence-corrected chi connectivity index (χ1v) is 9.96. The summed E-state index contributed by atoms with van der Waals surface area (Å²) in [4.78, 5) is 23.5. The molecule has 1 aliphatic carbocycles. The topological polar surface area (TPSA) is 44.8 Å². The third-order valence-electron chi connectivity index (χ3n) is 6.07. The Balaban J connectivity index is 1.67. The summed E-state index contributed by atoms with van der Waals surface area (Å²) in [6.45, 7) is 3.32. The Bertz CT molecular complexity index is 895. The predicted octanol–water partition coefficient (Wildman–Crippen LogP) is 5.19. The van der Waals surface area contributed by atoms with Gasteiger partial charge in [-0.2, -0.15) is 0 Å². The summed E-state index contributed by atoms with van der Waals surface area (Å²) in [7, 11) is 0. The zero-order valence-corrected chi connectivity index (χ0v) is 16.6. The number of ether oxygens (including phenoxy) is 1. The van der Waals surface area contributed by atoms with Crippen LogP contribution in [-0.2, 0) is 24.9 Å². The lowest BCUT2D eigenvalue weighted by Gasteiger charge is -2.52. The molecule has 0 aromatic heterocycles. The fraction of sp³-hybridized carbons (Fsp3) is 0.375. The van der Waals surface area contributed by atoms with Crippen molar-refractivity contribution in [1.82, 2.24) is 0 Å². The van der Waals surface area contributed by atoms with E-state index in [0.717, 1.165) is 17.5 Å². The van der Waals surface area contributed by atoms with E-state index in [-0.39, 0.29) is 23.8 Å². The summed E-state index contributed by atoms with van der Waals surface area (Å²) in [5, 5.41) is 0. The molecule has 29 heavy (non-hydrogen) atoms. The van der Waals surface area contributed by atoms with Gasteiger partial charge < -0.3 is 4.74 Å². The minimum atomic E-state index is -0.760. The summed E-state index contributed by atoms with van der Waals surface area (Å²) in [5.41, 5.74) is 0.432. The van der Waals surface area contributed by atoms with Crippen LogP contribution in [0, 0.1) is 11.7 Å². The molecule has 2 aliphatic rings. The van der Waals surface area contributed by atoms with Crippen molar-refractivity contribution in [2.75, 3.05) is 0 Å². The van der Waals surface area contributed by atoms with E-state index in [1.807, 2.05) is 49.4 Å².